The highest BCUT2D eigenvalue weighted by atomic mass is 32.2. The molecule has 0 saturated carbocycles. The molecule has 3 aromatic rings. The Morgan fingerprint density at radius 2 is 1.35 bits per heavy atom. The van der Waals surface area contributed by atoms with Gasteiger partial charge in [0.1, 0.15) is 0 Å². The van der Waals surface area contributed by atoms with Crippen LogP contribution in [0.15, 0.2) is 69.7 Å². The normalized spacial score (nSPS) is 10.9. The molecule has 0 aliphatic heterocycles. The highest BCUT2D eigenvalue weighted by molar-refractivity contribution is 7.99. The third-order valence-electron chi connectivity index (χ3n) is 4.12. The van der Waals surface area contributed by atoms with Crippen LogP contribution in [0, 0.1) is 0 Å². The smallest absolute Gasteiger partial charge is 0.259 e. The van der Waals surface area contributed by atoms with E-state index in [0.717, 1.165) is 0 Å². The van der Waals surface area contributed by atoms with Gasteiger partial charge < -0.3 is 20.2 Å². The Morgan fingerprint density at radius 1 is 0.903 bits per heavy atom. The van der Waals surface area contributed by atoms with Crippen LogP contribution in [0.3, 0.4) is 0 Å². The molecule has 11 heteroatoms. The van der Waals surface area contributed by atoms with E-state index in [0.29, 0.717) is 17.1 Å². The molecule has 3 heterocycles. The van der Waals surface area contributed by atoms with E-state index >= 15 is 0 Å². The summed E-state index contributed by atoms with van der Waals surface area (Å²) in [4.78, 5) is 43.0. The zero-order chi connectivity index (χ0) is 22.4. The summed E-state index contributed by atoms with van der Waals surface area (Å²) in [5, 5.41) is 21.6. The third kappa shape index (κ3) is 5.06. The molecule has 0 unspecified atom stereocenters. The molecule has 0 aliphatic rings. The largest absolute Gasteiger partial charge is 0.493 e. The molecule has 0 bridgehead atoms. The predicted molar refractivity (Wildman–Crippen MR) is 120 cm³/mol. The van der Waals surface area contributed by atoms with Gasteiger partial charge >= 0.3 is 0 Å². The number of hydrogen-bond acceptors (Lipinski definition) is 9. The average Bonchev–Trinajstić information content (AvgIpc) is 2.74. The molecular weight excluding hydrogens is 438 g/mol. The maximum Gasteiger partial charge on any atom is 0.259 e. The molecule has 0 fully saturated rings. The van der Waals surface area contributed by atoms with Crippen LogP contribution in [0.1, 0.15) is 22.6 Å². The summed E-state index contributed by atoms with van der Waals surface area (Å²) in [5.41, 5.74) is -1.24. The zero-order valence-corrected chi connectivity index (χ0v) is 17.9. The Bertz CT molecular complexity index is 1130. The Hall–Kier alpha value is -3.31. The van der Waals surface area contributed by atoms with Crippen molar-refractivity contribution < 1.29 is 10.2 Å². The molecule has 0 aromatic carbocycles. The van der Waals surface area contributed by atoms with Crippen molar-refractivity contribution in [1.82, 2.24) is 24.9 Å². The van der Waals surface area contributed by atoms with Gasteiger partial charge in [-0.2, -0.15) is 9.97 Å². The number of hydrogen-bond donors (Lipinski definition) is 4. The molecule has 0 atom stereocenters. The van der Waals surface area contributed by atoms with Crippen LogP contribution in [0.2, 0.25) is 0 Å². The minimum Gasteiger partial charge on any atom is -0.493 e. The van der Waals surface area contributed by atoms with E-state index in [2.05, 4.69) is 38.1 Å². The number of thioether (sulfide) groups is 2. The molecule has 31 heavy (non-hydrogen) atoms. The van der Waals surface area contributed by atoms with Gasteiger partial charge in [-0.3, -0.25) is 14.6 Å². The number of aromatic nitrogens is 5. The topological polar surface area (TPSA) is 145 Å². The Morgan fingerprint density at radius 3 is 1.74 bits per heavy atom. The van der Waals surface area contributed by atoms with Gasteiger partial charge in [-0.15, -0.1) is 13.2 Å². The first kappa shape index (κ1) is 22.4. The molecule has 160 valence electrons. The van der Waals surface area contributed by atoms with E-state index in [-0.39, 0.29) is 21.4 Å². The number of aromatic amines is 2. The van der Waals surface area contributed by atoms with Crippen molar-refractivity contribution >= 4 is 23.5 Å². The first-order valence-electron chi connectivity index (χ1n) is 8.99. The number of nitrogens with one attached hydrogen (secondary N) is 2. The third-order valence-corrected chi connectivity index (χ3v) is 5.86. The fraction of sp³-hybridized carbons (Fsp3) is 0.150. The zero-order valence-electron chi connectivity index (χ0n) is 16.2. The van der Waals surface area contributed by atoms with E-state index in [1.165, 1.54) is 35.9 Å². The maximum absolute atomic E-state index is 12.9. The predicted octanol–water partition coefficient (Wildman–Crippen LogP) is 2.40. The fourth-order valence-corrected chi connectivity index (χ4v) is 4.05. The van der Waals surface area contributed by atoms with Crippen molar-refractivity contribution in [1.29, 1.82) is 0 Å². The van der Waals surface area contributed by atoms with Crippen molar-refractivity contribution in [2.24, 2.45) is 0 Å². The molecule has 4 N–H and O–H groups in total. The summed E-state index contributed by atoms with van der Waals surface area (Å²) in [6.45, 7) is 7.20. The number of rotatable bonds is 9. The van der Waals surface area contributed by atoms with Gasteiger partial charge in [0.2, 0.25) is 11.8 Å². The van der Waals surface area contributed by atoms with Gasteiger partial charge in [-0.05, 0) is 17.7 Å². The van der Waals surface area contributed by atoms with E-state index in [1.54, 1.807) is 24.3 Å². The van der Waals surface area contributed by atoms with Crippen molar-refractivity contribution in [3.63, 3.8) is 0 Å². The highest BCUT2D eigenvalue weighted by Crippen LogP contribution is 2.36. The van der Waals surface area contributed by atoms with Crippen LogP contribution in [-0.4, -0.2) is 46.6 Å². The van der Waals surface area contributed by atoms with Gasteiger partial charge in [0.25, 0.3) is 11.1 Å². The molecular formula is C20H19N5O4S2. The molecule has 0 spiro atoms. The van der Waals surface area contributed by atoms with Crippen LogP contribution in [0.5, 0.6) is 11.8 Å². The lowest BCUT2D eigenvalue weighted by molar-refractivity contribution is 0.424. The number of nitrogens with zero attached hydrogens (tertiary/aromatic N) is 3. The standard InChI is InChI=1S/C20H19N5O4S2/c1-3-9-30-19-22-15(26)13(16(27)23-19)12(11-5-7-21-8-6-11)14-17(28)24-20(25-18(14)29)31-10-4-2/h3-8,12H,1-2,9-10H2,(H2,22,23,26,27)(H2,24,25,28,29). The Kier molecular flexibility index (Phi) is 7.32. The highest BCUT2D eigenvalue weighted by Gasteiger charge is 2.31. The van der Waals surface area contributed by atoms with E-state index < -0.39 is 28.8 Å². The quantitative estimate of drug-likeness (QED) is 0.216. The van der Waals surface area contributed by atoms with Gasteiger partial charge in [0.05, 0.1) is 17.0 Å². The number of aromatic hydroxyl groups is 2. The average molecular weight is 458 g/mol. The van der Waals surface area contributed by atoms with E-state index in [9.17, 15) is 19.8 Å². The summed E-state index contributed by atoms with van der Waals surface area (Å²) < 4.78 is 0. The lowest BCUT2D eigenvalue weighted by atomic mass is 9.87. The maximum atomic E-state index is 12.9. The summed E-state index contributed by atoms with van der Waals surface area (Å²) in [5.74, 6) is -1.29. The molecule has 3 aromatic heterocycles. The summed E-state index contributed by atoms with van der Waals surface area (Å²) in [6, 6.07) is 3.15. The summed E-state index contributed by atoms with van der Waals surface area (Å²) in [7, 11) is 0. The van der Waals surface area contributed by atoms with Crippen molar-refractivity contribution in [2.75, 3.05) is 11.5 Å². The molecule has 0 aliphatic carbocycles. The SMILES string of the molecule is C=CCSc1nc(O)c(C(c2ccncc2)c2c(O)nc(SCC=C)[nH]c2=O)c(=O)[nH]1. The number of H-pyrrole nitrogens is 2. The van der Waals surface area contributed by atoms with Gasteiger partial charge in [0.15, 0.2) is 10.3 Å². The minimum absolute atomic E-state index is 0.191. The Balaban J connectivity index is 2.21. The first-order valence-corrected chi connectivity index (χ1v) is 11.0. The van der Waals surface area contributed by atoms with E-state index in [4.69, 9.17) is 0 Å². The molecule has 0 saturated heterocycles. The molecule has 3 rings (SSSR count). The monoisotopic (exact) mass is 457 g/mol. The minimum atomic E-state index is -1.13. The second-order valence-corrected chi connectivity index (χ2v) is 8.15. The van der Waals surface area contributed by atoms with E-state index in [1.807, 2.05) is 0 Å². The van der Waals surface area contributed by atoms with Crippen LogP contribution in [0.4, 0.5) is 0 Å². The van der Waals surface area contributed by atoms with Gasteiger partial charge in [0, 0.05) is 23.9 Å². The number of pyridine rings is 1. The molecule has 0 amide bonds. The van der Waals surface area contributed by atoms with Crippen LogP contribution < -0.4 is 11.1 Å². The molecule has 0 radical (unpaired) electrons. The van der Waals surface area contributed by atoms with Crippen molar-refractivity contribution in [3.05, 3.63) is 87.2 Å². The van der Waals surface area contributed by atoms with Crippen LogP contribution >= 0.6 is 23.5 Å². The summed E-state index contributed by atoms with van der Waals surface area (Å²) in [6.07, 6.45) is 6.21. The fourth-order valence-electron chi connectivity index (χ4n) is 2.87. The first-order chi connectivity index (χ1) is 15.0. The van der Waals surface area contributed by atoms with Crippen LogP contribution in [-0.2, 0) is 0 Å². The Labute approximate surface area is 185 Å². The van der Waals surface area contributed by atoms with Crippen LogP contribution in [0.25, 0.3) is 0 Å². The van der Waals surface area contributed by atoms with Gasteiger partial charge in [-0.1, -0.05) is 35.7 Å². The van der Waals surface area contributed by atoms with Gasteiger partial charge in [-0.25, -0.2) is 0 Å². The van der Waals surface area contributed by atoms with Crippen molar-refractivity contribution in [2.45, 2.75) is 16.2 Å². The van der Waals surface area contributed by atoms with Crippen molar-refractivity contribution in [3.8, 4) is 11.8 Å². The summed E-state index contributed by atoms with van der Waals surface area (Å²) >= 11 is 2.36. The second-order valence-electron chi connectivity index (χ2n) is 6.13. The molecule has 9 nitrogen and oxygen atoms in total. The second kappa shape index (κ2) is 10.1. The lowest BCUT2D eigenvalue weighted by Crippen LogP contribution is -2.26. The lowest BCUT2D eigenvalue weighted by Gasteiger charge is -2.18.